The lowest BCUT2D eigenvalue weighted by Crippen LogP contribution is -2.48. The number of methoxy groups -OCH3 is 1. The minimum Gasteiger partial charge on any atom is -0.497 e. The molecular weight excluding hydrogens is 454 g/mol. The molecule has 9 heteroatoms. The number of furan rings is 1. The smallest absolute Gasteiger partial charge is 0.341 e. The summed E-state index contributed by atoms with van der Waals surface area (Å²) in [4.78, 5) is 29.9. The number of nitrogens with one attached hydrogen (secondary N) is 1. The van der Waals surface area contributed by atoms with Gasteiger partial charge in [-0.3, -0.25) is 9.69 Å². The highest BCUT2D eigenvalue weighted by atomic mass is 32.1. The van der Waals surface area contributed by atoms with Gasteiger partial charge >= 0.3 is 5.97 Å². The second kappa shape index (κ2) is 10.8. The van der Waals surface area contributed by atoms with Crippen molar-refractivity contribution in [2.75, 3.05) is 56.7 Å². The first-order valence-corrected chi connectivity index (χ1v) is 12.1. The normalized spacial score (nSPS) is 14.1. The Morgan fingerprint density at radius 3 is 2.44 bits per heavy atom. The Kier molecular flexibility index (Phi) is 7.54. The van der Waals surface area contributed by atoms with E-state index in [9.17, 15) is 9.59 Å². The number of rotatable bonds is 8. The molecule has 1 fully saturated rings. The molecule has 0 atom stereocenters. The summed E-state index contributed by atoms with van der Waals surface area (Å²) in [7, 11) is 1.66. The molecule has 8 nitrogen and oxygen atoms in total. The molecule has 1 aliphatic heterocycles. The Morgan fingerprint density at radius 2 is 1.82 bits per heavy atom. The number of hydrogen-bond acceptors (Lipinski definition) is 8. The second-order valence-corrected chi connectivity index (χ2v) is 8.87. The summed E-state index contributed by atoms with van der Waals surface area (Å²) < 4.78 is 16.2. The number of hydrogen-bond donors (Lipinski definition) is 1. The molecule has 0 aliphatic carbocycles. The first-order valence-electron chi connectivity index (χ1n) is 11.2. The van der Waals surface area contributed by atoms with Crippen LogP contribution in [0.5, 0.6) is 5.75 Å². The lowest BCUT2D eigenvalue weighted by Gasteiger charge is -2.35. The number of anilines is 2. The lowest BCUT2D eigenvalue weighted by atomic mass is 10.1. The predicted molar refractivity (Wildman–Crippen MR) is 133 cm³/mol. The van der Waals surface area contributed by atoms with Crippen LogP contribution < -0.4 is 15.0 Å². The van der Waals surface area contributed by atoms with E-state index < -0.39 is 5.97 Å². The van der Waals surface area contributed by atoms with Gasteiger partial charge in [0.15, 0.2) is 0 Å². The Bertz CT molecular complexity index is 1130. The van der Waals surface area contributed by atoms with Crippen molar-refractivity contribution in [3.05, 3.63) is 53.1 Å². The van der Waals surface area contributed by atoms with Crippen LogP contribution in [0.15, 0.2) is 46.2 Å². The molecule has 0 spiro atoms. The third-order valence-corrected chi connectivity index (χ3v) is 6.60. The first-order chi connectivity index (χ1) is 16.5. The van der Waals surface area contributed by atoms with Gasteiger partial charge in [0.1, 0.15) is 27.8 Å². The van der Waals surface area contributed by atoms with Crippen LogP contribution >= 0.6 is 11.3 Å². The van der Waals surface area contributed by atoms with E-state index in [2.05, 4.69) is 15.1 Å². The van der Waals surface area contributed by atoms with Crippen LogP contribution in [0.3, 0.4) is 0 Å². The predicted octanol–water partition coefficient (Wildman–Crippen LogP) is 4.26. The first kappa shape index (κ1) is 23.8. The van der Waals surface area contributed by atoms with E-state index in [1.54, 1.807) is 14.0 Å². The van der Waals surface area contributed by atoms with Gasteiger partial charge < -0.3 is 24.1 Å². The number of esters is 1. The van der Waals surface area contributed by atoms with Gasteiger partial charge in [0, 0.05) is 42.8 Å². The van der Waals surface area contributed by atoms with Crippen LogP contribution in [0.2, 0.25) is 0 Å². The highest BCUT2D eigenvalue weighted by Gasteiger charge is 2.25. The maximum Gasteiger partial charge on any atom is 0.341 e. The topological polar surface area (TPSA) is 84.2 Å². The molecule has 1 N–H and O–H groups in total. The fraction of sp³-hybridized carbons (Fsp3) is 0.360. The number of amides is 1. The monoisotopic (exact) mass is 483 g/mol. The van der Waals surface area contributed by atoms with Crippen molar-refractivity contribution in [3.8, 4) is 17.1 Å². The number of thiophene rings is 1. The third kappa shape index (κ3) is 5.43. The summed E-state index contributed by atoms with van der Waals surface area (Å²) in [6, 6.07) is 11.7. The zero-order chi connectivity index (χ0) is 24.1. The standard InChI is InChI=1S/C25H29N3O5S/c1-4-32-25(30)23-20(21-10-5-17(2)33-21)16-34-24(23)26-22(29)15-27-11-13-28(14-12-27)18-6-8-19(31-3)9-7-18/h5-10,16H,4,11-15H2,1-3H3,(H,26,29). The number of benzene rings is 1. The number of ether oxygens (including phenoxy) is 2. The van der Waals surface area contributed by atoms with Gasteiger partial charge in [-0.1, -0.05) is 0 Å². The summed E-state index contributed by atoms with van der Waals surface area (Å²) in [6.07, 6.45) is 0. The van der Waals surface area contributed by atoms with E-state index in [1.165, 1.54) is 11.3 Å². The molecule has 180 valence electrons. The van der Waals surface area contributed by atoms with Crippen molar-refractivity contribution < 1.29 is 23.5 Å². The zero-order valence-electron chi connectivity index (χ0n) is 19.6. The summed E-state index contributed by atoms with van der Waals surface area (Å²) in [5.74, 6) is 1.52. The van der Waals surface area contributed by atoms with Crippen molar-refractivity contribution in [2.45, 2.75) is 13.8 Å². The van der Waals surface area contributed by atoms with Gasteiger partial charge in [0.05, 0.1) is 20.3 Å². The third-order valence-electron chi connectivity index (χ3n) is 5.71. The van der Waals surface area contributed by atoms with Crippen LogP contribution in [0.4, 0.5) is 10.7 Å². The maximum absolute atomic E-state index is 12.8. The highest BCUT2D eigenvalue weighted by Crippen LogP contribution is 2.37. The minimum absolute atomic E-state index is 0.160. The Morgan fingerprint density at radius 1 is 1.09 bits per heavy atom. The van der Waals surface area contributed by atoms with Crippen molar-refractivity contribution >= 4 is 33.9 Å². The van der Waals surface area contributed by atoms with Crippen molar-refractivity contribution in [1.29, 1.82) is 0 Å². The molecule has 0 radical (unpaired) electrons. The molecule has 1 aliphatic rings. The Hall–Kier alpha value is -3.30. The molecule has 0 saturated carbocycles. The Balaban J connectivity index is 1.38. The van der Waals surface area contributed by atoms with Crippen LogP contribution in [0.1, 0.15) is 23.0 Å². The minimum atomic E-state index is -0.476. The molecule has 3 aromatic rings. The largest absolute Gasteiger partial charge is 0.497 e. The maximum atomic E-state index is 12.8. The number of nitrogens with zero attached hydrogens (tertiary/aromatic N) is 2. The van der Waals surface area contributed by atoms with E-state index in [-0.39, 0.29) is 19.1 Å². The number of piperazine rings is 1. The van der Waals surface area contributed by atoms with Crippen molar-refractivity contribution in [3.63, 3.8) is 0 Å². The number of carbonyl (C=O) groups excluding carboxylic acids is 2. The number of aryl methyl sites for hydroxylation is 1. The van der Waals surface area contributed by atoms with E-state index >= 15 is 0 Å². The summed E-state index contributed by atoms with van der Waals surface area (Å²) in [5.41, 5.74) is 2.10. The molecule has 1 aromatic carbocycles. The molecule has 1 amide bonds. The van der Waals surface area contributed by atoms with E-state index in [4.69, 9.17) is 13.9 Å². The van der Waals surface area contributed by atoms with E-state index in [1.807, 2.05) is 48.7 Å². The highest BCUT2D eigenvalue weighted by molar-refractivity contribution is 7.15. The van der Waals surface area contributed by atoms with Gasteiger partial charge in [-0.25, -0.2) is 4.79 Å². The van der Waals surface area contributed by atoms with Gasteiger partial charge in [0.2, 0.25) is 5.91 Å². The average molecular weight is 484 g/mol. The van der Waals surface area contributed by atoms with Gasteiger partial charge in [-0.15, -0.1) is 11.3 Å². The molecule has 0 unspecified atom stereocenters. The van der Waals surface area contributed by atoms with E-state index in [0.29, 0.717) is 21.9 Å². The van der Waals surface area contributed by atoms with Crippen molar-refractivity contribution in [1.82, 2.24) is 4.90 Å². The summed E-state index contributed by atoms with van der Waals surface area (Å²) in [6.45, 7) is 7.30. The van der Waals surface area contributed by atoms with Crippen LogP contribution in [0.25, 0.3) is 11.3 Å². The fourth-order valence-corrected chi connectivity index (χ4v) is 4.90. The molecular formula is C25H29N3O5S. The second-order valence-electron chi connectivity index (χ2n) is 7.99. The summed E-state index contributed by atoms with van der Waals surface area (Å²) >= 11 is 1.30. The lowest BCUT2D eigenvalue weighted by molar-refractivity contribution is -0.117. The van der Waals surface area contributed by atoms with Crippen LogP contribution in [-0.4, -0.2) is 63.2 Å². The molecule has 0 bridgehead atoms. The zero-order valence-corrected chi connectivity index (χ0v) is 20.4. The molecule has 4 rings (SSSR count). The average Bonchev–Trinajstić information content (AvgIpc) is 3.45. The molecule has 2 aromatic heterocycles. The van der Waals surface area contributed by atoms with Crippen molar-refractivity contribution in [2.24, 2.45) is 0 Å². The van der Waals surface area contributed by atoms with E-state index in [0.717, 1.165) is 43.4 Å². The Labute approximate surface area is 203 Å². The van der Waals surface area contributed by atoms with Gasteiger partial charge in [0.25, 0.3) is 0 Å². The molecule has 1 saturated heterocycles. The van der Waals surface area contributed by atoms with Gasteiger partial charge in [-0.05, 0) is 50.2 Å². The fourth-order valence-electron chi connectivity index (χ4n) is 3.94. The summed E-state index contributed by atoms with van der Waals surface area (Å²) in [5, 5.41) is 5.21. The van der Waals surface area contributed by atoms with Crippen LogP contribution in [0, 0.1) is 6.92 Å². The van der Waals surface area contributed by atoms with Crippen LogP contribution in [-0.2, 0) is 9.53 Å². The molecule has 3 heterocycles. The number of carbonyl (C=O) groups is 2. The quantitative estimate of drug-likeness (QED) is 0.479. The molecule has 34 heavy (non-hydrogen) atoms. The van der Waals surface area contributed by atoms with Gasteiger partial charge in [-0.2, -0.15) is 0 Å². The SMILES string of the molecule is CCOC(=O)c1c(-c2ccc(C)o2)csc1NC(=O)CN1CCN(c2ccc(OC)cc2)CC1.